The summed E-state index contributed by atoms with van der Waals surface area (Å²) in [5.74, 6) is 0. The van der Waals surface area contributed by atoms with Gasteiger partial charge in [0.15, 0.2) is 0 Å². The lowest BCUT2D eigenvalue weighted by Gasteiger charge is -2.32. The summed E-state index contributed by atoms with van der Waals surface area (Å²) in [4.78, 5) is 2.30. The summed E-state index contributed by atoms with van der Waals surface area (Å²) in [7, 11) is 0. The molecule has 1 nitrogen and oxygen atoms in total. The fourth-order valence-corrected chi connectivity index (χ4v) is 2.85. The Bertz CT molecular complexity index is 243. The Morgan fingerprint density at radius 1 is 1.38 bits per heavy atom. The van der Waals surface area contributed by atoms with Gasteiger partial charge >= 0.3 is 0 Å². The van der Waals surface area contributed by atoms with Gasteiger partial charge < -0.3 is 4.90 Å². The van der Waals surface area contributed by atoms with E-state index in [9.17, 15) is 0 Å². The van der Waals surface area contributed by atoms with Gasteiger partial charge in [-0.3, -0.25) is 0 Å². The van der Waals surface area contributed by atoms with Crippen LogP contribution < -0.4 is 0 Å². The molecule has 1 aliphatic carbocycles. The molecule has 0 aromatic heterocycles. The minimum Gasteiger partial charge on any atom is -0.354 e. The third-order valence-electron chi connectivity index (χ3n) is 2.72. The molecule has 1 fully saturated rings. The Balaban J connectivity index is 2.08. The smallest absolute Gasteiger partial charge is 0.123 e. The van der Waals surface area contributed by atoms with E-state index in [1.807, 2.05) is 0 Å². The third kappa shape index (κ3) is 2.21. The first kappa shape index (κ1) is 9.84. The lowest BCUT2D eigenvalue weighted by atomic mass is 10.2. The number of nitrogens with zero attached hydrogens (tertiary/aromatic N) is 1. The second-order valence-corrected chi connectivity index (χ2v) is 5.32. The van der Waals surface area contributed by atoms with Crippen molar-refractivity contribution in [2.45, 2.75) is 37.2 Å². The average molecular weight is 310 g/mol. The third-order valence-corrected chi connectivity index (χ3v) is 3.73. The zero-order valence-electron chi connectivity index (χ0n) is 7.42. The monoisotopic (exact) mass is 309 g/mol. The predicted molar refractivity (Wildman–Crippen MR) is 65.0 cm³/mol. The lowest BCUT2D eigenvalue weighted by Crippen LogP contribution is -2.34. The van der Waals surface area contributed by atoms with E-state index in [-0.39, 0.29) is 5.50 Å². The van der Waals surface area contributed by atoms with Crippen LogP contribution in [0.15, 0.2) is 21.9 Å². The van der Waals surface area contributed by atoms with Gasteiger partial charge in [-0.15, -0.1) is 0 Å². The van der Waals surface area contributed by atoms with Gasteiger partial charge in [-0.2, -0.15) is 0 Å². The molecule has 0 radical (unpaired) electrons. The van der Waals surface area contributed by atoms with Gasteiger partial charge in [-0.25, -0.2) is 0 Å². The Labute approximate surface area is 98.0 Å². The van der Waals surface area contributed by atoms with Crippen LogP contribution in [0.3, 0.4) is 0 Å². The van der Waals surface area contributed by atoms with Crippen molar-refractivity contribution < 1.29 is 0 Å². The maximum Gasteiger partial charge on any atom is 0.123 e. The van der Waals surface area contributed by atoms with Crippen molar-refractivity contribution in [2.24, 2.45) is 0 Å². The summed E-state index contributed by atoms with van der Waals surface area (Å²) < 4.78 is 1.28. The summed E-state index contributed by atoms with van der Waals surface area (Å²) in [5, 5.41) is 0. The average Bonchev–Trinajstić information content (AvgIpc) is 2.61. The first-order valence-corrected chi connectivity index (χ1v) is 6.26. The maximum absolute atomic E-state index is 6.22. The molecular weight excluding hydrogens is 296 g/mol. The van der Waals surface area contributed by atoms with Gasteiger partial charge in [0.05, 0.1) is 0 Å². The van der Waals surface area contributed by atoms with E-state index >= 15 is 0 Å². The fourth-order valence-electron chi connectivity index (χ4n) is 2.04. The standard InChI is InChI=1S/C10H13ClIN/c11-10-6-5-8(12)7-13(10)9-3-1-2-4-9/h5-7,9-10H,1-4H2. The van der Waals surface area contributed by atoms with Crippen molar-refractivity contribution >= 4 is 34.2 Å². The van der Waals surface area contributed by atoms with Gasteiger partial charge in [0, 0.05) is 15.8 Å². The molecule has 1 atom stereocenters. The number of hydrogen-bond donors (Lipinski definition) is 0. The van der Waals surface area contributed by atoms with E-state index in [1.54, 1.807) is 0 Å². The Morgan fingerprint density at radius 3 is 2.77 bits per heavy atom. The molecule has 1 saturated carbocycles. The van der Waals surface area contributed by atoms with Gasteiger partial charge in [-0.05, 0) is 47.6 Å². The molecule has 2 aliphatic rings. The van der Waals surface area contributed by atoms with Crippen molar-refractivity contribution in [1.29, 1.82) is 0 Å². The number of allylic oxidation sites excluding steroid dienone is 2. The van der Waals surface area contributed by atoms with Crippen LogP contribution in [0.2, 0.25) is 0 Å². The van der Waals surface area contributed by atoms with Gasteiger partial charge in [0.2, 0.25) is 0 Å². The van der Waals surface area contributed by atoms with Crippen LogP contribution in [-0.2, 0) is 0 Å². The summed E-state index contributed by atoms with van der Waals surface area (Å²) in [6.45, 7) is 0. The number of rotatable bonds is 1. The first-order chi connectivity index (χ1) is 6.27. The van der Waals surface area contributed by atoms with E-state index < -0.39 is 0 Å². The van der Waals surface area contributed by atoms with Crippen LogP contribution in [0.25, 0.3) is 0 Å². The molecule has 0 saturated heterocycles. The summed E-state index contributed by atoms with van der Waals surface area (Å²) >= 11 is 8.56. The van der Waals surface area contributed by atoms with Crippen LogP contribution in [0.4, 0.5) is 0 Å². The minimum absolute atomic E-state index is 0.0709. The van der Waals surface area contributed by atoms with Gasteiger partial charge in [0.1, 0.15) is 5.50 Å². The highest BCUT2D eigenvalue weighted by Gasteiger charge is 2.25. The number of hydrogen-bond acceptors (Lipinski definition) is 1. The number of alkyl halides is 1. The SMILES string of the molecule is ClC1C=CC(I)=CN1C1CCCC1. The summed E-state index contributed by atoms with van der Waals surface area (Å²) in [5.41, 5.74) is 0.0709. The quantitative estimate of drug-likeness (QED) is 0.406. The molecule has 1 heterocycles. The van der Waals surface area contributed by atoms with Gasteiger partial charge in [0.25, 0.3) is 0 Å². The zero-order valence-corrected chi connectivity index (χ0v) is 10.3. The largest absolute Gasteiger partial charge is 0.354 e. The van der Waals surface area contributed by atoms with Crippen LogP contribution in [0, 0.1) is 0 Å². The minimum atomic E-state index is 0.0709. The van der Waals surface area contributed by atoms with E-state index in [2.05, 4.69) is 45.8 Å². The summed E-state index contributed by atoms with van der Waals surface area (Å²) in [6.07, 6.45) is 11.7. The highest BCUT2D eigenvalue weighted by Crippen LogP contribution is 2.30. The Morgan fingerprint density at radius 2 is 2.08 bits per heavy atom. The van der Waals surface area contributed by atoms with Crippen molar-refractivity contribution in [3.05, 3.63) is 21.9 Å². The molecule has 0 N–H and O–H groups in total. The molecule has 13 heavy (non-hydrogen) atoms. The summed E-state index contributed by atoms with van der Waals surface area (Å²) in [6, 6.07) is 0.678. The maximum atomic E-state index is 6.22. The zero-order chi connectivity index (χ0) is 9.26. The second kappa shape index (κ2) is 4.22. The Kier molecular flexibility index (Phi) is 3.19. The molecule has 0 aromatic rings. The lowest BCUT2D eigenvalue weighted by molar-refractivity contribution is 0.281. The molecular formula is C10H13ClIN. The highest BCUT2D eigenvalue weighted by atomic mass is 127. The van der Waals surface area contributed by atoms with Gasteiger partial charge in [-0.1, -0.05) is 24.4 Å². The van der Waals surface area contributed by atoms with E-state index in [4.69, 9.17) is 11.6 Å². The molecule has 2 rings (SSSR count). The molecule has 1 unspecified atom stereocenters. The van der Waals surface area contributed by atoms with Crippen LogP contribution in [0.5, 0.6) is 0 Å². The van der Waals surface area contributed by atoms with E-state index in [0.717, 1.165) is 0 Å². The topological polar surface area (TPSA) is 3.24 Å². The normalized spacial score (nSPS) is 29.5. The molecule has 1 aliphatic heterocycles. The molecule has 0 amide bonds. The first-order valence-electron chi connectivity index (χ1n) is 4.74. The van der Waals surface area contributed by atoms with Crippen LogP contribution in [-0.4, -0.2) is 16.4 Å². The van der Waals surface area contributed by atoms with Crippen LogP contribution >= 0.6 is 34.2 Å². The predicted octanol–water partition coefficient (Wildman–Crippen LogP) is 3.64. The van der Waals surface area contributed by atoms with E-state index in [1.165, 1.54) is 29.3 Å². The molecule has 3 heteroatoms. The van der Waals surface area contributed by atoms with Crippen LogP contribution in [0.1, 0.15) is 25.7 Å². The van der Waals surface area contributed by atoms with Crippen molar-refractivity contribution in [3.63, 3.8) is 0 Å². The second-order valence-electron chi connectivity index (χ2n) is 3.63. The fraction of sp³-hybridized carbons (Fsp3) is 0.600. The van der Waals surface area contributed by atoms with E-state index in [0.29, 0.717) is 6.04 Å². The highest BCUT2D eigenvalue weighted by molar-refractivity contribution is 14.1. The van der Waals surface area contributed by atoms with Crippen molar-refractivity contribution in [3.8, 4) is 0 Å². The molecule has 0 spiro atoms. The molecule has 0 bridgehead atoms. The Hall–Kier alpha value is 0.300. The molecule has 72 valence electrons. The number of halogens is 2. The van der Waals surface area contributed by atoms with Crippen molar-refractivity contribution in [2.75, 3.05) is 0 Å². The molecule has 0 aromatic carbocycles. The van der Waals surface area contributed by atoms with Crippen molar-refractivity contribution in [1.82, 2.24) is 4.90 Å².